The molecule has 0 amide bonds. The van der Waals surface area contributed by atoms with E-state index >= 15 is 0 Å². The summed E-state index contributed by atoms with van der Waals surface area (Å²) in [6, 6.07) is 12.0. The number of nitrogens with one attached hydrogen (secondary N) is 2. The molecule has 1 aliphatic rings. The summed E-state index contributed by atoms with van der Waals surface area (Å²) in [4.78, 5) is 8.54. The minimum Gasteiger partial charge on any atom is -0.454 e. The molecule has 1 aliphatic heterocycles. The smallest absolute Gasteiger partial charge is 0.231 e. The average molecular weight is 363 g/mol. The minimum absolute atomic E-state index is 0.262. The SMILES string of the molecule is Cc1ccc(Nc2ncnc(NCc3ccc4c(c3)OCO4)c2N)c(C)c1. The highest BCUT2D eigenvalue weighted by molar-refractivity contribution is 5.78. The fourth-order valence-corrected chi connectivity index (χ4v) is 2.95. The maximum absolute atomic E-state index is 6.27. The van der Waals surface area contributed by atoms with Crippen LogP contribution in [0.1, 0.15) is 16.7 Å². The number of anilines is 4. The monoisotopic (exact) mass is 363 g/mol. The molecule has 27 heavy (non-hydrogen) atoms. The third-order valence-electron chi connectivity index (χ3n) is 4.42. The first kappa shape index (κ1) is 17.0. The summed E-state index contributed by atoms with van der Waals surface area (Å²) in [5.41, 5.74) is 11.1. The van der Waals surface area contributed by atoms with Gasteiger partial charge in [-0.1, -0.05) is 23.8 Å². The summed E-state index contributed by atoms with van der Waals surface area (Å²) in [5, 5.41) is 6.55. The second-order valence-corrected chi connectivity index (χ2v) is 6.47. The van der Waals surface area contributed by atoms with Crippen molar-refractivity contribution in [1.29, 1.82) is 0 Å². The Kier molecular flexibility index (Phi) is 4.42. The van der Waals surface area contributed by atoms with Gasteiger partial charge in [-0.3, -0.25) is 0 Å². The van der Waals surface area contributed by atoms with Crippen LogP contribution in [0.25, 0.3) is 0 Å². The number of ether oxygens (including phenoxy) is 2. The van der Waals surface area contributed by atoms with E-state index in [2.05, 4.69) is 33.6 Å². The van der Waals surface area contributed by atoms with Gasteiger partial charge in [0.1, 0.15) is 12.0 Å². The Bertz CT molecular complexity index is 990. The van der Waals surface area contributed by atoms with Gasteiger partial charge in [0, 0.05) is 12.2 Å². The van der Waals surface area contributed by atoms with E-state index in [-0.39, 0.29) is 6.79 Å². The van der Waals surface area contributed by atoms with E-state index in [4.69, 9.17) is 15.2 Å². The molecule has 0 bridgehead atoms. The summed E-state index contributed by atoms with van der Waals surface area (Å²) < 4.78 is 10.7. The van der Waals surface area contributed by atoms with E-state index in [1.165, 1.54) is 11.9 Å². The molecule has 7 nitrogen and oxygen atoms in total. The Morgan fingerprint density at radius 1 is 1.00 bits per heavy atom. The Hall–Kier alpha value is -3.48. The maximum atomic E-state index is 6.27. The molecule has 7 heteroatoms. The molecular formula is C20H21N5O2. The van der Waals surface area contributed by atoms with Crippen molar-refractivity contribution < 1.29 is 9.47 Å². The molecule has 1 aromatic heterocycles. The number of benzene rings is 2. The number of aromatic nitrogens is 2. The summed E-state index contributed by atoms with van der Waals surface area (Å²) in [7, 11) is 0. The second kappa shape index (κ2) is 7.03. The quantitative estimate of drug-likeness (QED) is 0.635. The molecule has 2 heterocycles. The van der Waals surface area contributed by atoms with Crippen molar-refractivity contribution in [1.82, 2.24) is 9.97 Å². The highest BCUT2D eigenvalue weighted by Gasteiger charge is 2.14. The number of nitrogen functional groups attached to an aromatic ring is 1. The van der Waals surface area contributed by atoms with Gasteiger partial charge in [-0.05, 0) is 43.2 Å². The lowest BCUT2D eigenvalue weighted by Gasteiger charge is -2.14. The van der Waals surface area contributed by atoms with Crippen molar-refractivity contribution in [3.63, 3.8) is 0 Å². The Morgan fingerprint density at radius 2 is 1.81 bits per heavy atom. The van der Waals surface area contributed by atoms with Crippen LogP contribution in [0.4, 0.5) is 23.0 Å². The van der Waals surface area contributed by atoms with Gasteiger partial charge in [-0.2, -0.15) is 0 Å². The average Bonchev–Trinajstić information content (AvgIpc) is 3.12. The molecule has 4 rings (SSSR count). The lowest BCUT2D eigenvalue weighted by molar-refractivity contribution is 0.174. The third-order valence-corrected chi connectivity index (χ3v) is 4.42. The van der Waals surface area contributed by atoms with E-state index in [0.29, 0.717) is 23.9 Å². The topological polar surface area (TPSA) is 94.3 Å². The molecule has 0 saturated heterocycles. The largest absolute Gasteiger partial charge is 0.454 e. The number of rotatable bonds is 5. The summed E-state index contributed by atoms with van der Waals surface area (Å²) in [5.74, 6) is 2.67. The van der Waals surface area contributed by atoms with E-state index in [1.807, 2.05) is 37.3 Å². The molecule has 0 unspecified atom stereocenters. The standard InChI is InChI=1S/C20H21N5O2/c1-12-3-5-15(13(2)7-12)25-20-18(21)19(23-10-24-20)22-9-14-4-6-16-17(8-14)27-11-26-16/h3-8,10H,9,11,21H2,1-2H3,(H2,22,23,24,25). The van der Waals surface area contributed by atoms with Crippen molar-refractivity contribution in [3.8, 4) is 11.5 Å². The number of hydrogen-bond acceptors (Lipinski definition) is 7. The van der Waals surface area contributed by atoms with Crippen LogP contribution in [0.5, 0.6) is 11.5 Å². The lowest BCUT2D eigenvalue weighted by Crippen LogP contribution is -2.08. The van der Waals surface area contributed by atoms with Crippen LogP contribution in [0.15, 0.2) is 42.7 Å². The molecular weight excluding hydrogens is 342 g/mol. The van der Waals surface area contributed by atoms with Crippen molar-refractivity contribution in [2.75, 3.05) is 23.2 Å². The first-order valence-electron chi connectivity index (χ1n) is 8.67. The molecule has 4 N–H and O–H groups in total. The molecule has 0 atom stereocenters. The maximum Gasteiger partial charge on any atom is 0.231 e. The van der Waals surface area contributed by atoms with Crippen LogP contribution in [-0.2, 0) is 6.54 Å². The van der Waals surface area contributed by atoms with Crippen molar-refractivity contribution in [2.24, 2.45) is 0 Å². The highest BCUT2D eigenvalue weighted by atomic mass is 16.7. The van der Waals surface area contributed by atoms with Gasteiger partial charge < -0.3 is 25.8 Å². The summed E-state index contributed by atoms with van der Waals surface area (Å²) in [6.07, 6.45) is 1.49. The Labute approximate surface area is 157 Å². The first-order valence-corrected chi connectivity index (χ1v) is 8.67. The molecule has 3 aromatic rings. The summed E-state index contributed by atoms with van der Waals surface area (Å²) in [6.45, 7) is 4.93. The van der Waals surface area contributed by atoms with E-state index in [0.717, 1.165) is 28.3 Å². The second-order valence-electron chi connectivity index (χ2n) is 6.47. The Balaban J connectivity index is 1.50. The lowest BCUT2D eigenvalue weighted by atomic mass is 10.1. The molecule has 0 radical (unpaired) electrons. The van der Waals surface area contributed by atoms with Crippen LogP contribution in [0.3, 0.4) is 0 Å². The predicted molar refractivity (Wildman–Crippen MR) is 106 cm³/mol. The van der Waals surface area contributed by atoms with Gasteiger partial charge >= 0.3 is 0 Å². The highest BCUT2D eigenvalue weighted by Crippen LogP contribution is 2.33. The zero-order valence-electron chi connectivity index (χ0n) is 15.2. The van der Waals surface area contributed by atoms with Gasteiger partial charge in [-0.25, -0.2) is 9.97 Å². The first-order chi connectivity index (χ1) is 13.1. The van der Waals surface area contributed by atoms with Crippen LogP contribution in [-0.4, -0.2) is 16.8 Å². The number of hydrogen-bond donors (Lipinski definition) is 3. The molecule has 2 aromatic carbocycles. The number of fused-ring (bicyclic) bond motifs is 1. The minimum atomic E-state index is 0.262. The van der Waals surface area contributed by atoms with Gasteiger partial charge in [0.05, 0.1) is 0 Å². The van der Waals surface area contributed by atoms with Crippen LogP contribution < -0.4 is 25.8 Å². The molecule has 0 saturated carbocycles. The van der Waals surface area contributed by atoms with Gasteiger partial charge in [0.15, 0.2) is 23.1 Å². The van der Waals surface area contributed by atoms with Crippen LogP contribution in [0, 0.1) is 13.8 Å². The number of nitrogens with two attached hydrogens (primary N) is 1. The molecule has 0 spiro atoms. The third kappa shape index (κ3) is 3.57. The normalized spacial score (nSPS) is 12.1. The van der Waals surface area contributed by atoms with Gasteiger partial charge in [-0.15, -0.1) is 0 Å². The van der Waals surface area contributed by atoms with Gasteiger partial charge in [0.25, 0.3) is 0 Å². The van der Waals surface area contributed by atoms with E-state index in [9.17, 15) is 0 Å². The molecule has 138 valence electrons. The number of aryl methyl sites for hydroxylation is 2. The van der Waals surface area contributed by atoms with Crippen LogP contribution >= 0.6 is 0 Å². The predicted octanol–water partition coefficient (Wildman–Crippen LogP) is 3.76. The number of nitrogens with zero attached hydrogens (tertiary/aromatic N) is 2. The van der Waals surface area contributed by atoms with Crippen molar-refractivity contribution >= 4 is 23.0 Å². The zero-order chi connectivity index (χ0) is 18.8. The van der Waals surface area contributed by atoms with E-state index < -0.39 is 0 Å². The zero-order valence-corrected chi connectivity index (χ0v) is 15.2. The van der Waals surface area contributed by atoms with Crippen molar-refractivity contribution in [3.05, 3.63) is 59.4 Å². The van der Waals surface area contributed by atoms with Crippen LogP contribution in [0.2, 0.25) is 0 Å². The fourth-order valence-electron chi connectivity index (χ4n) is 2.95. The summed E-state index contributed by atoms with van der Waals surface area (Å²) >= 11 is 0. The molecule has 0 fully saturated rings. The van der Waals surface area contributed by atoms with Crippen molar-refractivity contribution in [2.45, 2.75) is 20.4 Å². The molecule has 0 aliphatic carbocycles. The van der Waals surface area contributed by atoms with E-state index in [1.54, 1.807) is 0 Å². The fraction of sp³-hybridized carbons (Fsp3) is 0.200. The Morgan fingerprint density at radius 3 is 2.67 bits per heavy atom. The van der Waals surface area contributed by atoms with Gasteiger partial charge in [0.2, 0.25) is 6.79 Å².